The fourth-order valence-corrected chi connectivity index (χ4v) is 2.16. The topological polar surface area (TPSA) is 55.4 Å². The number of ketones is 1. The third-order valence-corrected chi connectivity index (χ3v) is 3.15. The van der Waals surface area contributed by atoms with Gasteiger partial charge in [-0.15, -0.1) is 0 Å². The molecule has 4 heteroatoms. The first-order valence-corrected chi connectivity index (χ1v) is 6.65. The summed E-state index contributed by atoms with van der Waals surface area (Å²) in [6, 6.07) is 0. The first-order valence-electron chi connectivity index (χ1n) is 6.65. The molecule has 0 radical (unpaired) electrons. The molecule has 1 amide bonds. The SMILES string of the molecule is CCOCCCNC(=O)C(=O)C1CCCCC1. The van der Waals surface area contributed by atoms with E-state index in [1.807, 2.05) is 6.92 Å². The summed E-state index contributed by atoms with van der Waals surface area (Å²) in [6.45, 7) is 3.78. The number of amides is 1. The van der Waals surface area contributed by atoms with Crippen molar-refractivity contribution in [3.8, 4) is 0 Å². The zero-order valence-electron chi connectivity index (χ0n) is 10.7. The Hall–Kier alpha value is -0.900. The fourth-order valence-electron chi connectivity index (χ4n) is 2.16. The maximum atomic E-state index is 11.8. The summed E-state index contributed by atoms with van der Waals surface area (Å²) in [5.74, 6) is -0.662. The normalized spacial score (nSPS) is 16.8. The van der Waals surface area contributed by atoms with Gasteiger partial charge < -0.3 is 10.1 Å². The smallest absolute Gasteiger partial charge is 0.287 e. The molecule has 0 aromatic heterocycles. The van der Waals surface area contributed by atoms with E-state index in [1.165, 1.54) is 6.42 Å². The van der Waals surface area contributed by atoms with E-state index >= 15 is 0 Å². The monoisotopic (exact) mass is 241 g/mol. The van der Waals surface area contributed by atoms with Gasteiger partial charge in [-0.2, -0.15) is 0 Å². The highest BCUT2D eigenvalue weighted by molar-refractivity contribution is 6.36. The van der Waals surface area contributed by atoms with Crippen LogP contribution in [0.2, 0.25) is 0 Å². The zero-order valence-corrected chi connectivity index (χ0v) is 10.7. The van der Waals surface area contributed by atoms with Crippen LogP contribution in [0.25, 0.3) is 0 Å². The zero-order chi connectivity index (χ0) is 12.5. The van der Waals surface area contributed by atoms with Gasteiger partial charge in [0.15, 0.2) is 0 Å². The van der Waals surface area contributed by atoms with E-state index in [0.29, 0.717) is 19.8 Å². The number of ether oxygens (including phenoxy) is 1. The van der Waals surface area contributed by atoms with E-state index in [0.717, 1.165) is 32.1 Å². The van der Waals surface area contributed by atoms with Crippen molar-refractivity contribution in [3.63, 3.8) is 0 Å². The minimum atomic E-state index is -0.409. The third-order valence-electron chi connectivity index (χ3n) is 3.15. The molecule has 0 atom stereocenters. The fraction of sp³-hybridized carbons (Fsp3) is 0.846. The lowest BCUT2D eigenvalue weighted by Crippen LogP contribution is -2.36. The first-order chi connectivity index (χ1) is 8.25. The molecule has 4 nitrogen and oxygen atoms in total. The van der Waals surface area contributed by atoms with Crippen molar-refractivity contribution in [3.05, 3.63) is 0 Å². The number of hydrogen-bond acceptors (Lipinski definition) is 3. The van der Waals surface area contributed by atoms with Gasteiger partial charge in [0.2, 0.25) is 5.78 Å². The summed E-state index contributed by atoms with van der Waals surface area (Å²) in [5.41, 5.74) is 0. The number of carbonyl (C=O) groups excluding carboxylic acids is 2. The van der Waals surface area contributed by atoms with Crippen LogP contribution in [-0.2, 0) is 14.3 Å². The number of rotatable bonds is 7. The third kappa shape index (κ3) is 5.31. The van der Waals surface area contributed by atoms with Crippen molar-refractivity contribution in [2.45, 2.75) is 45.4 Å². The highest BCUT2D eigenvalue weighted by Gasteiger charge is 2.26. The second-order valence-electron chi connectivity index (χ2n) is 4.51. The molecule has 1 rings (SSSR count). The van der Waals surface area contributed by atoms with Crippen molar-refractivity contribution in [1.82, 2.24) is 5.32 Å². The largest absolute Gasteiger partial charge is 0.382 e. The molecule has 0 bridgehead atoms. The maximum absolute atomic E-state index is 11.8. The van der Waals surface area contributed by atoms with Gasteiger partial charge in [0, 0.05) is 25.7 Å². The lowest BCUT2D eigenvalue weighted by molar-refractivity contribution is -0.140. The quantitative estimate of drug-likeness (QED) is 0.545. The van der Waals surface area contributed by atoms with Crippen molar-refractivity contribution < 1.29 is 14.3 Å². The van der Waals surface area contributed by atoms with Crippen molar-refractivity contribution in [1.29, 1.82) is 0 Å². The molecule has 98 valence electrons. The van der Waals surface area contributed by atoms with Gasteiger partial charge >= 0.3 is 0 Å². The standard InChI is InChI=1S/C13H23NO3/c1-2-17-10-6-9-14-13(16)12(15)11-7-4-3-5-8-11/h11H,2-10H2,1H3,(H,14,16). The van der Waals surface area contributed by atoms with Crippen LogP contribution >= 0.6 is 0 Å². The molecule has 1 N–H and O–H groups in total. The Kier molecular flexibility index (Phi) is 6.86. The van der Waals surface area contributed by atoms with Gasteiger partial charge in [0.25, 0.3) is 5.91 Å². The summed E-state index contributed by atoms with van der Waals surface area (Å²) >= 11 is 0. The van der Waals surface area contributed by atoms with Gasteiger partial charge in [0.1, 0.15) is 0 Å². The maximum Gasteiger partial charge on any atom is 0.287 e. The number of nitrogens with one attached hydrogen (secondary N) is 1. The minimum Gasteiger partial charge on any atom is -0.382 e. The van der Waals surface area contributed by atoms with E-state index in [9.17, 15) is 9.59 Å². The van der Waals surface area contributed by atoms with Crippen LogP contribution in [0.3, 0.4) is 0 Å². The first kappa shape index (κ1) is 14.2. The van der Waals surface area contributed by atoms with Crippen molar-refractivity contribution in [2.24, 2.45) is 5.92 Å². The predicted molar refractivity (Wildman–Crippen MR) is 65.7 cm³/mol. The molecule has 0 aromatic rings. The van der Waals surface area contributed by atoms with Crippen LogP contribution in [0, 0.1) is 5.92 Å². The number of Topliss-reactive ketones (excluding diaryl/α,β-unsaturated/α-hetero) is 1. The van der Waals surface area contributed by atoms with Crippen LogP contribution in [-0.4, -0.2) is 31.4 Å². The molecule has 0 heterocycles. The minimum absolute atomic E-state index is 0.0318. The van der Waals surface area contributed by atoms with E-state index in [2.05, 4.69) is 5.32 Å². The Morgan fingerprint density at radius 3 is 2.59 bits per heavy atom. The van der Waals surface area contributed by atoms with Gasteiger partial charge in [0.05, 0.1) is 0 Å². The second kappa shape index (κ2) is 8.23. The molecule has 0 aliphatic heterocycles. The second-order valence-corrected chi connectivity index (χ2v) is 4.51. The van der Waals surface area contributed by atoms with Gasteiger partial charge in [-0.25, -0.2) is 0 Å². The highest BCUT2D eigenvalue weighted by Crippen LogP contribution is 2.24. The lowest BCUT2D eigenvalue weighted by atomic mass is 9.86. The van der Waals surface area contributed by atoms with E-state index in [-0.39, 0.29) is 11.7 Å². The predicted octanol–water partition coefficient (Wildman–Crippen LogP) is 1.68. The number of hydrogen-bond donors (Lipinski definition) is 1. The summed E-state index contributed by atoms with van der Waals surface area (Å²) < 4.78 is 5.16. The number of carbonyl (C=O) groups is 2. The Bertz CT molecular complexity index is 247. The molecule has 1 saturated carbocycles. The average Bonchev–Trinajstić information content (AvgIpc) is 2.38. The molecular weight excluding hydrogens is 218 g/mol. The molecular formula is C13H23NO3. The van der Waals surface area contributed by atoms with Crippen LogP contribution in [0.1, 0.15) is 45.4 Å². The summed E-state index contributed by atoms with van der Waals surface area (Å²) in [6.07, 6.45) is 5.87. The summed E-state index contributed by atoms with van der Waals surface area (Å²) in [4.78, 5) is 23.3. The van der Waals surface area contributed by atoms with Gasteiger partial charge in [-0.1, -0.05) is 19.3 Å². The lowest BCUT2D eigenvalue weighted by Gasteiger charge is -2.19. The van der Waals surface area contributed by atoms with Gasteiger partial charge in [-0.05, 0) is 26.2 Å². The molecule has 0 spiro atoms. The van der Waals surface area contributed by atoms with Crippen molar-refractivity contribution >= 4 is 11.7 Å². The van der Waals surface area contributed by atoms with Gasteiger partial charge in [-0.3, -0.25) is 9.59 Å². The molecule has 0 aromatic carbocycles. The van der Waals surface area contributed by atoms with Crippen LogP contribution in [0.4, 0.5) is 0 Å². The average molecular weight is 241 g/mol. The summed E-state index contributed by atoms with van der Waals surface area (Å²) in [5, 5.41) is 2.67. The van der Waals surface area contributed by atoms with Crippen LogP contribution in [0.15, 0.2) is 0 Å². The van der Waals surface area contributed by atoms with Crippen LogP contribution in [0.5, 0.6) is 0 Å². The molecule has 1 aliphatic rings. The molecule has 1 aliphatic carbocycles. The Labute approximate surface area is 103 Å². The Morgan fingerprint density at radius 1 is 1.24 bits per heavy atom. The van der Waals surface area contributed by atoms with E-state index < -0.39 is 5.91 Å². The highest BCUT2D eigenvalue weighted by atomic mass is 16.5. The molecule has 1 fully saturated rings. The Morgan fingerprint density at radius 2 is 1.94 bits per heavy atom. The van der Waals surface area contributed by atoms with Crippen molar-refractivity contribution in [2.75, 3.05) is 19.8 Å². The van der Waals surface area contributed by atoms with E-state index in [4.69, 9.17) is 4.74 Å². The van der Waals surface area contributed by atoms with E-state index in [1.54, 1.807) is 0 Å². The Balaban J connectivity index is 2.15. The molecule has 17 heavy (non-hydrogen) atoms. The summed E-state index contributed by atoms with van der Waals surface area (Å²) in [7, 11) is 0. The molecule has 0 unspecified atom stereocenters. The molecule has 0 saturated heterocycles. The van der Waals surface area contributed by atoms with Crippen LogP contribution < -0.4 is 5.32 Å².